The molecule has 208 valence electrons. The molecular weight excluding hydrogens is 514 g/mol. The van der Waals surface area contributed by atoms with E-state index in [1.54, 1.807) is 13.1 Å². The van der Waals surface area contributed by atoms with Crippen LogP contribution in [0.5, 0.6) is 0 Å². The first kappa shape index (κ1) is 27.8. The number of ketones is 1. The zero-order chi connectivity index (χ0) is 28.8. The van der Waals surface area contributed by atoms with Crippen molar-refractivity contribution in [3.05, 3.63) is 71.7 Å². The van der Waals surface area contributed by atoms with Crippen LogP contribution < -0.4 is 27.0 Å². The molecule has 1 aliphatic rings. The van der Waals surface area contributed by atoms with E-state index in [1.165, 1.54) is 30.6 Å². The lowest BCUT2D eigenvalue weighted by Gasteiger charge is -2.34. The highest BCUT2D eigenvalue weighted by molar-refractivity contribution is 6.42. The SMILES string of the molecule is C=C/C(OC)=c1/c(C(=O)C(=O)N2CCN(c3n[nH]nc3-c3ccccn3)CC2)c[nH]/c1=C(/N)N(N)C=NC(=C)C. The number of nitrogens with zero attached hydrogens (tertiary/aromatic N) is 7. The molecule has 3 aromatic rings. The van der Waals surface area contributed by atoms with Crippen molar-refractivity contribution in [2.45, 2.75) is 6.92 Å². The average molecular weight is 546 g/mol. The van der Waals surface area contributed by atoms with Crippen LogP contribution >= 0.6 is 0 Å². The number of aromatic amines is 2. The molecule has 1 amide bonds. The number of allylic oxidation sites excluding steroid dienone is 1. The van der Waals surface area contributed by atoms with Crippen molar-refractivity contribution in [1.29, 1.82) is 0 Å². The number of Topliss-reactive ketones (excluding diaryl/α,β-unsaturated/α-hetero) is 1. The minimum atomic E-state index is -0.732. The lowest BCUT2D eigenvalue weighted by Crippen LogP contribution is -2.51. The van der Waals surface area contributed by atoms with E-state index < -0.39 is 11.7 Å². The summed E-state index contributed by atoms with van der Waals surface area (Å²) < 4.78 is 5.43. The fraction of sp³-hybridized carbons (Fsp3) is 0.231. The van der Waals surface area contributed by atoms with Gasteiger partial charge in [-0.05, 0) is 25.1 Å². The fourth-order valence-electron chi connectivity index (χ4n) is 4.20. The molecule has 4 rings (SSSR count). The number of aromatic nitrogens is 5. The normalized spacial score (nSPS) is 15.1. The van der Waals surface area contributed by atoms with Crippen LogP contribution in [-0.2, 0) is 9.53 Å². The van der Waals surface area contributed by atoms with Crippen molar-refractivity contribution >= 4 is 35.4 Å². The minimum absolute atomic E-state index is 0.0350. The number of methoxy groups -OCH3 is 1. The zero-order valence-corrected chi connectivity index (χ0v) is 22.3. The summed E-state index contributed by atoms with van der Waals surface area (Å²) in [6.07, 6.45) is 5.78. The quantitative estimate of drug-likeness (QED) is 0.0677. The number of nitrogens with one attached hydrogen (secondary N) is 2. The minimum Gasteiger partial charge on any atom is -0.496 e. The third-order valence-electron chi connectivity index (χ3n) is 6.21. The van der Waals surface area contributed by atoms with Gasteiger partial charge in [-0.1, -0.05) is 19.2 Å². The number of hydrogen-bond acceptors (Lipinski definition) is 10. The molecule has 0 saturated carbocycles. The molecule has 0 spiro atoms. The van der Waals surface area contributed by atoms with Crippen LogP contribution in [0.25, 0.3) is 23.0 Å². The van der Waals surface area contributed by atoms with E-state index in [-0.39, 0.29) is 27.7 Å². The Balaban J connectivity index is 1.58. The highest BCUT2D eigenvalue weighted by Gasteiger charge is 2.30. The molecule has 0 aliphatic carbocycles. The Morgan fingerprint density at radius 1 is 1.23 bits per heavy atom. The maximum Gasteiger partial charge on any atom is 0.295 e. The van der Waals surface area contributed by atoms with Crippen LogP contribution in [0.15, 0.2) is 60.5 Å². The van der Waals surface area contributed by atoms with Gasteiger partial charge in [-0.2, -0.15) is 10.3 Å². The molecule has 4 heterocycles. The van der Waals surface area contributed by atoms with E-state index in [9.17, 15) is 9.59 Å². The van der Waals surface area contributed by atoms with Crippen molar-refractivity contribution in [1.82, 2.24) is 35.3 Å². The molecule has 0 unspecified atom stereocenters. The second-order valence-corrected chi connectivity index (χ2v) is 8.82. The topological polar surface area (TPSA) is 188 Å². The monoisotopic (exact) mass is 545 g/mol. The van der Waals surface area contributed by atoms with Crippen molar-refractivity contribution in [2.24, 2.45) is 16.6 Å². The number of ether oxygens (including phenoxy) is 1. The number of pyridine rings is 1. The Morgan fingerprint density at radius 3 is 2.60 bits per heavy atom. The summed E-state index contributed by atoms with van der Waals surface area (Å²) in [5.74, 6) is 5.52. The van der Waals surface area contributed by atoms with Crippen LogP contribution in [-0.4, -0.2) is 86.6 Å². The van der Waals surface area contributed by atoms with Gasteiger partial charge in [0.2, 0.25) is 0 Å². The zero-order valence-electron chi connectivity index (χ0n) is 22.3. The number of hydrogen-bond donors (Lipinski definition) is 4. The van der Waals surface area contributed by atoms with Gasteiger partial charge in [-0.3, -0.25) is 19.6 Å². The molecule has 1 saturated heterocycles. The summed E-state index contributed by atoms with van der Waals surface area (Å²) >= 11 is 0. The maximum atomic E-state index is 13.5. The van der Waals surface area contributed by atoms with E-state index in [1.807, 2.05) is 23.1 Å². The molecule has 3 aromatic heterocycles. The molecule has 40 heavy (non-hydrogen) atoms. The van der Waals surface area contributed by atoms with Crippen molar-refractivity contribution in [3.63, 3.8) is 0 Å². The van der Waals surface area contributed by atoms with Crippen molar-refractivity contribution in [2.75, 3.05) is 38.2 Å². The van der Waals surface area contributed by atoms with Crippen LogP contribution in [0.2, 0.25) is 0 Å². The number of aliphatic imine (C=N–C) groups is 1. The Bertz CT molecular complexity index is 1560. The smallest absolute Gasteiger partial charge is 0.295 e. The highest BCUT2D eigenvalue weighted by atomic mass is 16.5. The predicted molar refractivity (Wildman–Crippen MR) is 150 cm³/mol. The number of H-pyrrole nitrogens is 2. The van der Waals surface area contributed by atoms with Gasteiger partial charge in [0.25, 0.3) is 11.7 Å². The van der Waals surface area contributed by atoms with Crippen molar-refractivity contribution in [3.8, 4) is 11.4 Å². The first-order valence-electron chi connectivity index (χ1n) is 12.3. The van der Waals surface area contributed by atoms with E-state index in [0.29, 0.717) is 49.1 Å². The fourth-order valence-corrected chi connectivity index (χ4v) is 4.20. The van der Waals surface area contributed by atoms with Crippen LogP contribution in [0.1, 0.15) is 17.3 Å². The van der Waals surface area contributed by atoms with Gasteiger partial charge in [0.15, 0.2) is 11.5 Å². The van der Waals surface area contributed by atoms with E-state index in [4.69, 9.17) is 16.3 Å². The van der Waals surface area contributed by atoms with E-state index in [2.05, 4.69) is 43.5 Å². The van der Waals surface area contributed by atoms with Gasteiger partial charge < -0.3 is 25.3 Å². The second-order valence-electron chi connectivity index (χ2n) is 8.82. The standard InChI is InChI=1S/C26H31N11O3/c1-5-19(40-4)20-17(14-30-22(20)24(27)37(28)15-31-16(2)3)23(38)26(39)36-12-10-35(11-13-36)25-21(32-34-33-25)18-8-6-7-9-29-18/h5-9,14-15,30H,1-2,10-13,27-28H2,3-4H3,(H,32,33,34)/b20-19+,24-22-,31-15?. The summed E-state index contributed by atoms with van der Waals surface area (Å²) in [7, 11) is 1.42. The first-order chi connectivity index (χ1) is 19.3. The number of piperazine rings is 1. The third-order valence-corrected chi connectivity index (χ3v) is 6.21. The predicted octanol–water partition coefficient (Wildman–Crippen LogP) is -0.571. The highest BCUT2D eigenvalue weighted by Crippen LogP contribution is 2.25. The summed E-state index contributed by atoms with van der Waals surface area (Å²) in [6.45, 7) is 10.6. The van der Waals surface area contributed by atoms with E-state index in [0.717, 1.165) is 5.01 Å². The number of nitrogens with two attached hydrogens (primary N) is 2. The van der Waals surface area contributed by atoms with Gasteiger partial charge in [0.05, 0.1) is 28.9 Å². The summed E-state index contributed by atoms with van der Waals surface area (Å²) in [4.78, 5) is 41.6. The van der Waals surface area contributed by atoms with Gasteiger partial charge in [-0.15, -0.1) is 5.10 Å². The summed E-state index contributed by atoms with van der Waals surface area (Å²) in [5, 5.41) is 12.8. The Morgan fingerprint density at radius 2 is 1.98 bits per heavy atom. The number of carbonyl (C=O) groups is 2. The molecule has 14 nitrogen and oxygen atoms in total. The van der Waals surface area contributed by atoms with Crippen LogP contribution in [0.3, 0.4) is 0 Å². The molecular formula is C26H31N11O3. The summed E-state index contributed by atoms with van der Waals surface area (Å²) in [6, 6.07) is 5.54. The van der Waals surface area contributed by atoms with Gasteiger partial charge in [0, 0.05) is 44.3 Å². The molecule has 1 fully saturated rings. The van der Waals surface area contributed by atoms with Gasteiger partial charge in [-0.25, -0.2) is 10.8 Å². The van der Waals surface area contributed by atoms with Gasteiger partial charge >= 0.3 is 0 Å². The number of carbonyl (C=O) groups excluding carboxylic acids is 2. The van der Waals surface area contributed by atoms with Gasteiger partial charge in [0.1, 0.15) is 17.9 Å². The summed E-state index contributed by atoms with van der Waals surface area (Å²) in [5.41, 5.74) is 8.14. The molecule has 0 radical (unpaired) electrons. The molecule has 14 heteroatoms. The number of rotatable bonds is 9. The molecule has 0 aromatic carbocycles. The lowest BCUT2D eigenvalue weighted by atomic mass is 10.1. The third kappa shape index (κ3) is 5.61. The Kier molecular flexibility index (Phi) is 8.39. The van der Waals surface area contributed by atoms with E-state index >= 15 is 0 Å². The lowest BCUT2D eigenvalue weighted by molar-refractivity contribution is -0.126. The number of hydrazine groups is 1. The molecule has 0 bridgehead atoms. The maximum absolute atomic E-state index is 13.5. The van der Waals surface area contributed by atoms with Crippen LogP contribution in [0.4, 0.5) is 5.82 Å². The Hall–Kier alpha value is -5.24. The van der Waals surface area contributed by atoms with Crippen LogP contribution in [0, 0.1) is 0 Å². The second kappa shape index (κ2) is 12.1. The molecule has 0 atom stereocenters. The largest absolute Gasteiger partial charge is 0.496 e. The number of amides is 1. The molecule has 1 aliphatic heterocycles. The Labute approximate surface area is 230 Å². The molecule has 6 N–H and O–H groups in total. The van der Waals surface area contributed by atoms with Crippen molar-refractivity contribution < 1.29 is 14.3 Å². The number of anilines is 1. The average Bonchev–Trinajstić information content (AvgIpc) is 3.64. The first-order valence-corrected chi connectivity index (χ1v) is 12.3.